The second kappa shape index (κ2) is 9.50. The van der Waals surface area contributed by atoms with Gasteiger partial charge in [0.1, 0.15) is 0 Å². The molecule has 1 aliphatic rings. The number of alkyl halides is 1. The Kier molecular flexibility index (Phi) is 7.58. The van der Waals surface area contributed by atoms with Crippen LogP contribution in [0.2, 0.25) is 0 Å². The average Bonchev–Trinajstić information content (AvgIpc) is 2.49. The Hall–Kier alpha value is -0.420. The van der Waals surface area contributed by atoms with Crippen molar-refractivity contribution in [3.63, 3.8) is 0 Å². The highest BCUT2D eigenvalue weighted by Gasteiger charge is 2.14. The number of halogens is 1. The molecule has 112 valence electrons. The highest BCUT2D eigenvalue weighted by molar-refractivity contribution is 9.09. The summed E-state index contributed by atoms with van der Waals surface area (Å²) in [5, 5.41) is 0.986. The lowest BCUT2D eigenvalue weighted by Gasteiger charge is -2.25. The second-order valence-electron chi connectivity index (χ2n) is 5.12. The monoisotopic (exact) mass is 341 g/mol. The molecule has 0 N–H and O–H groups in total. The van der Waals surface area contributed by atoms with E-state index in [0.717, 1.165) is 44.6 Å². The lowest BCUT2D eigenvalue weighted by molar-refractivity contribution is -0.164. The standard InChI is InChI=1S/C16H24BrNO2/c17-9-10-18(14-15-6-2-1-3-7-15)11-13-20-16-8-4-5-12-19-16/h1-3,6-7,16H,4-5,8-14H2. The quantitative estimate of drug-likeness (QED) is 0.676. The first-order chi connectivity index (χ1) is 9.88. The first kappa shape index (κ1) is 16.0. The van der Waals surface area contributed by atoms with Gasteiger partial charge in [-0.15, -0.1) is 0 Å². The van der Waals surface area contributed by atoms with E-state index in [2.05, 4.69) is 51.2 Å². The summed E-state index contributed by atoms with van der Waals surface area (Å²) in [6, 6.07) is 10.6. The summed E-state index contributed by atoms with van der Waals surface area (Å²) in [4.78, 5) is 2.41. The van der Waals surface area contributed by atoms with Crippen molar-refractivity contribution in [3.8, 4) is 0 Å². The molecule has 1 atom stereocenters. The average molecular weight is 342 g/mol. The first-order valence-corrected chi connectivity index (χ1v) is 8.56. The molecule has 1 fully saturated rings. The molecule has 0 aliphatic carbocycles. The van der Waals surface area contributed by atoms with Crippen molar-refractivity contribution < 1.29 is 9.47 Å². The molecule has 1 aromatic carbocycles. The molecule has 0 saturated carbocycles. The van der Waals surface area contributed by atoms with Crippen LogP contribution in [0.3, 0.4) is 0 Å². The van der Waals surface area contributed by atoms with E-state index in [0.29, 0.717) is 0 Å². The third kappa shape index (κ3) is 5.92. The predicted octanol–water partition coefficient (Wildman–Crippen LogP) is 3.43. The number of hydrogen-bond acceptors (Lipinski definition) is 3. The molecule has 0 aromatic heterocycles. The highest BCUT2D eigenvalue weighted by atomic mass is 79.9. The molecule has 1 aromatic rings. The maximum Gasteiger partial charge on any atom is 0.157 e. The van der Waals surface area contributed by atoms with E-state index in [1.165, 1.54) is 18.4 Å². The van der Waals surface area contributed by atoms with Crippen molar-refractivity contribution in [2.24, 2.45) is 0 Å². The summed E-state index contributed by atoms with van der Waals surface area (Å²) in [5.74, 6) is 0. The molecular weight excluding hydrogens is 318 g/mol. The van der Waals surface area contributed by atoms with E-state index in [1.54, 1.807) is 0 Å². The Labute approximate surface area is 130 Å². The lowest BCUT2D eigenvalue weighted by Crippen LogP contribution is -2.31. The molecule has 1 saturated heterocycles. The van der Waals surface area contributed by atoms with Crippen molar-refractivity contribution >= 4 is 15.9 Å². The summed E-state index contributed by atoms with van der Waals surface area (Å²) in [7, 11) is 0. The van der Waals surface area contributed by atoms with Gasteiger partial charge in [0, 0.05) is 31.6 Å². The summed E-state index contributed by atoms with van der Waals surface area (Å²) in [6.45, 7) is 4.54. The van der Waals surface area contributed by atoms with E-state index < -0.39 is 0 Å². The normalized spacial score (nSPS) is 19.4. The topological polar surface area (TPSA) is 21.7 Å². The van der Waals surface area contributed by atoms with Gasteiger partial charge in [-0.1, -0.05) is 46.3 Å². The zero-order chi connectivity index (χ0) is 14.0. The van der Waals surface area contributed by atoms with Gasteiger partial charge in [0.2, 0.25) is 0 Å². The maximum atomic E-state index is 5.82. The van der Waals surface area contributed by atoms with Gasteiger partial charge in [0.05, 0.1) is 6.61 Å². The molecule has 0 amide bonds. The molecule has 2 rings (SSSR count). The van der Waals surface area contributed by atoms with Crippen molar-refractivity contribution in [1.29, 1.82) is 0 Å². The Balaban J connectivity index is 1.71. The molecule has 1 unspecified atom stereocenters. The van der Waals surface area contributed by atoms with Crippen LogP contribution in [0.5, 0.6) is 0 Å². The maximum absolute atomic E-state index is 5.82. The van der Waals surface area contributed by atoms with Gasteiger partial charge < -0.3 is 9.47 Å². The second-order valence-corrected chi connectivity index (χ2v) is 5.91. The number of rotatable bonds is 8. The van der Waals surface area contributed by atoms with E-state index in [1.807, 2.05) is 0 Å². The van der Waals surface area contributed by atoms with E-state index in [9.17, 15) is 0 Å². The van der Waals surface area contributed by atoms with Crippen molar-refractivity contribution in [1.82, 2.24) is 4.90 Å². The van der Waals surface area contributed by atoms with Gasteiger partial charge in [-0.2, -0.15) is 0 Å². The molecule has 3 nitrogen and oxygen atoms in total. The van der Waals surface area contributed by atoms with Crippen LogP contribution in [-0.4, -0.2) is 42.8 Å². The smallest absolute Gasteiger partial charge is 0.157 e. The largest absolute Gasteiger partial charge is 0.353 e. The van der Waals surface area contributed by atoms with Crippen LogP contribution in [0.1, 0.15) is 24.8 Å². The molecular formula is C16H24BrNO2. The van der Waals surface area contributed by atoms with Gasteiger partial charge in [-0.25, -0.2) is 0 Å². The van der Waals surface area contributed by atoms with Crippen LogP contribution in [-0.2, 0) is 16.0 Å². The molecule has 0 radical (unpaired) electrons. The Bertz CT molecular complexity index is 355. The fraction of sp³-hybridized carbons (Fsp3) is 0.625. The zero-order valence-corrected chi connectivity index (χ0v) is 13.6. The van der Waals surface area contributed by atoms with Crippen molar-refractivity contribution in [2.45, 2.75) is 32.1 Å². The van der Waals surface area contributed by atoms with Crippen molar-refractivity contribution in [3.05, 3.63) is 35.9 Å². The molecule has 20 heavy (non-hydrogen) atoms. The Morgan fingerprint density at radius 3 is 2.75 bits per heavy atom. The molecule has 1 aliphatic heterocycles. The third-order valence-electron chi connectivity index (χ3n) is 3.50. The van der Waals surface area contributed by atoms with E-state index >= 15 is 0 Å². The minimum atomic E-state index is 0.0197. The fourth-order valence-corrected chi connectivity index (χ4v) is 2.89. The number of ether oxygens (including phenoxy) is 2. The SMILES string of the molecule is BrCCN(CCOC1CCCCO1)Cc1ccccc1. The van der Waals surface area contributed by atoms with Crippen LogP contribution in [0, 0.1) is 0 Å². The molecule has 4 heteroatoms. The highest BCUT2D eigenvalue weighted by Crippen LogP contribution is 2.13. The lowest BCUT2D eigenvalue weighted by atomic mass is 10.2. The Morgan fingerprint density at radius 1 is 1.20 bits per heavy atom. The zero-order valence-electron chi connectivity index (χ0n) is 12.0. The van der Waals surface area contributed by atoms with E-state index in [-0.39, 0.29) is 6.29 Å². The number of hydrogen-bond donors (Lipinski definition) is 0. The van der Waals surface area contributed by atoms with Gasteiger partial charge in [0.15, 0.2) is 6.29 Å². The van der Waals surface area contributed by atoms with Gasteiger partial charge in [-0.3, -0.25) is 4.90 Å². The van der Waals surface area contributed by atoms with E-state index in [4.69, 9.17) is 9.47 Å². The molecule has 0 spiro atoms. The summed E-state index contributed by atoms with van der Waals surface area (Å²) >= 11 is 3.52. The van der Waals surface area contributed by atoms with Crippen LogP contribution in [0.4, 0.5) is 0 Å². The summed E-state index contributed by atoms with van der Waals surface area (Å²) < 4.78 is 11.4. The predicted molar refractivity (Wildman–Crippen MR) is 85.1 cm³/mol. The third-order valence-corrected chi connectivity index (χ3v) is 3.85. The minimum absolute atomic E-state index is 0.0197. The number of nitrogens with zero attached hydrogens (tertiary/aromatic N) is 1. The van der Waals surface area contributed by atoms with Crippen LogP contribution >= 0.6 is 15.9 Å². The molecule has 0 bridgehead atoms. The van der Waals surface area contributed by atoms with Gasteiger partial charge >= 0.3 is 0 Å². The van der Waals surface area contributed by atoms with Crippen molar-refractivity contribution in [2.75, 3.05) is 31.6 Å². The van der Waals surface area contributed by atoms with Crippen LogP contribution in [0.15, 0.2) is 30.3 Å². The van der Waals surface area contributed by atoms with Crippen LogP contribution < -0.4 is 0 Å². The number of benzene rings is 1. The van der Waals surface area contributed by atoms with Gasteiger partial charge in [0.25, 0.3) is 0 Å². The minimum Gasteiger partial charge on any atom is -0.353 e. The first-order valence-electron chi connectivity index (χ1n) is 7.44. The Morgan fingerprint density at radius 2 is 2.05 bits per heavy atom. The fourth-order valence-electron chi connectivity index (χ4n) is 2.39. The molecule has 1 heterocycles. The summed E-state index contributed by atoms with van der Waals surface area (Å²) in [6.07, 6.45) is 3.45. The van der Waals surface area contributed by atoms with Gasteiger partial charge in [-0.05, 0) is 24.8 Å². The summed E-state index contributed by atoms with van der Waals surface area (Å²) in [5.41, 5.74) is 1.35. The van der Waals surface area contributed by atoms with Crippen LogP contribution in [0.25, 0.3) is 0 Å².